The number of aryl methyl sites for hydroxylation is 1. The van der Waals surface area contributed by atoms with Gasteiger partial charge in [-0.2, -0.15) is 9.57 Å². The molecule has 0 aliphatic carbocycles. The van der Waals surface area contributed by atoms with Gasteiger partial charge in [0.15, 0.2) is 0 Å². The number of hydrogen-bond donors (Lipinski definition) is 1. The number of rotatable bonds is 3. The Bertz CT molecular complexity index is 903. The molecule has 126 valence electrons. The molecule has 1 aliphatic rings. The third kappa shape index (κ3) is 2.80. The minimum atomic E-state index is -3.88. The van der Waals surface area contributed by atoms with Crippen LogP contribution in [0.25, 0.3) is 0 Å². The van der Waals surface area contributed by atoms with Crippen molar-refractivity contribution in [3.8, 4) is 6.07 Å². The molecule has 1 fully saturated rings. The van der Waals surface area contributed by atoms with E-state index in [1.54, 1.807) is 30.1 Å². The number of halogens is 1. The normalized spacial score (nSPS) is 19.1. The molecule has 1 saturated heterocycles. The van der Waals surface area contributed by atoms with E-state index in [0.29, 0.717) is 18.9 Å². The minimum Gasteiger partial charge on any atom is -0.337 e. The number of nitrogens with one attached hydrogen (secondary N) is 1. The molecule has 2 heterocycles. The zero-order valence-electron chi connectivity index (χ0n) is 13.0. The first-order valence-electron chi connectivity index (χ1n) is 7.34. The highest BCUT2D eigenvalue weighted by molar-refractivity contribution is 7.89. The molecule has 0 saturated carbocycles. The molecule has 1 aliphatic heterocycles. The summed E-state index contributed by atoms with van der Waals surface area (Å²) in [5.41, 5.74) is -0.292. The summed E-state index contributed by atoms with van der Waals surface area (Å²) in [7, 11) is -2.08. The van der Waals surface area contributed by atoms with Gasteiger partial charge in [0.05, 0.1) is 16.5 Å². The molecule has 1 atom stereocenters. The third-order valence-corrected chi connectivity index (χ3v) is 5.92. The lowest BCUT2D eigenvalue weighted by Crippen LogP contribution is -2.49. The molecule has 1 aromatic carbocycles. The summed E-state index contributed by atoms with van der Waals surface area (Å²) >= 11 is 0. The Hall–Kier alpha value is -2.28. The smallest absolute Gasteiger partial charge is 0.243 e. The van der Waals surface area contributed by atoms with Crippen molar-refractivity contribution in [3.05, 3.63) is 47.8 Å². The minimum absolute atomic E-state index is 0.0958. The second-order valence-electron chi connectivity index (χ2n) is 5.49. The fourth-order valence-corrected chi connectivity index (χ4v) is 4.39. The Balaban J connectivity index is 2.04. The number of sulfonamides is 1. The first-order chi connectivity index (χ1) is 11.4. The van der Waals surface area contributed by atoms with Crippen molar-refractivity contribution < 1.29 is 12.8 Å². The number of imidazole rings is 1. The van der Waals surface area contributed by atoms with Crippen LogP contribution in [0.15, 0.2) is 35.5 Å². The van der Waals surface area contributed by atoms with Gasteiger partial charge in [0.2, 0.25) is 10.0 Å². The summed E-state index contributed by atoms with van der Waals surface area (Å²) in [6.07, 6.45) is 3.36. The summed E-state index contributed by atoms with van der Waals surface area (Å²) < 4.78 is 42.6. The van der Waals surface area contributed by atoms with Crippen molar-refractivity contribution in [2.24, 2.45) is 7.05 Å². The lowest BCUT2D eigenvalue weighted by Gasteiger charge is -2.34. The lowest BCUT2D eigenvalue weighted by molar-refractivity contribution is 0.258. The molecule has 1 unspecified atom stereocenters. The maximum atomic E-state index is 13.5. The van der Waals surface area contributed by atoms with Gasteiger partial charge in [-0.3, -0.25) is 0 Å². The first kappa shape index (κ1) is 16.6. The maximum Gasteiger partial charge on any atom is 0.243 e. The molecular weight excluding hydrogens is 333 g/mol. The average Bonchev–Trinajstić information content (AvgIpc) is 3.01. The monoisotopic (exact) mass is 349 g/mol. The standard InChI is InChI=1S/C15H16FN5O2S/c1-20-6-5-19-15(20)14-10-18-4-7-21(14)24(22,23)12-2-3-13(16)11(8-12)9-17/h2-3,5-6,8,14,18H,4,7,10H2,1H3. The van der Waals surface area contributed by atoms with E-state index in [2.05, 4.69) is 10.3 Å². The van der Waals surface area contributed by atoms with E-state index in [4.69, 9.17) is 5.26 Å². The molecule has 7 nitrogen and oxygen atoms in total. The summed E-state index contributed by atoms with van der Waals surface area (Å²) in [6, 6.07) is 4.46. The van der Waals surface area contributed by atoms with Gasteiger partial charge in [-0.15, -0.1) is 0 Å². The highest BCUT2D eigenvalue weighted by Gasteiger charge is 2.36. The molecule has 1 N–H and O–H groups in total. The summed E-state index contributed by atoms with van der Waals surface area (Å²) in [6.45, 7) is 1.20. The van der Waals surface area contributed by atoms with Gasteiger partial charge in [-0.25, -0.2) is 17.8 Å². The molecule has 0 spiro atoms. The highest BCUT2D eigenvalue weighted by atomic mass is 32.2. The quantitative estimate of drug-likeness (QED) is 0.884. The maximum absolute atomic E-state index is 13.5. The first-order valence-corrected chi connectivity index (χ1v) is 8.78. The molecule has 0 bridgehead atoms. The van der Waals surface area contributed by atoms with Crippen molar-refractivity contribution in [3.63, 3.8) is 0 Å². The van der Waals surface area contributed by atoms with Crippen LogP contribution in [0, 0.1) is 17.1 Å². The summed E-state index contributed by atoms with van der Waals surface area (Å²) in [5, 5.41) is 12.1. The van der Waals surface area contributed by atoms with E-state index < -0.39 is 21.9 Å². The molecule has 24 heavy (non-hydrogen) atoms. The van der Waals surface area contributed by atoms with Crippen LogP contribution in [0.4, 0.5) is 4.39 Å². The number of nitrogens with zero attached hydrogens (tertiary/aromatic N) is 4. The van der Waals surface area contributed by atoms with Gasteiger partial charge in [-0.05, 0) is 18.2 Å². The van der Waals surface area contributed by atoms with E-state index in [1.165, 1.54) is 10.4 Å². The van der Waals surface area contributed by atoms with Crippen molar-refractivity contribution >= 4 is 10.0 Å². The highest BCUT2D eigenvalue weighted by Crippen LogP contribution is 2.28. The van der Waals surface area contributed by atoms with Gasteiger partial charge in [-0.1, -0.05) is 0 Å². The number of nitriles is 1. The van der Waals surface area contributed by atoms with Crippen LogP contribution >= 0.6 is 0 Å². The van der Waals surface area contributed by atoms with Crippen molar-refractivity contribution in [1.29, 1.82) is 5.26 Å². The molecular formula is C15H16FN5O2S. The van der Waals surface area contributed by atoms with Crippen molar-refractivity contribution in [1.82, 2.24) is 19.2 Å². The van der Waals surface area contributed by atoms with Gasteiger partial charge < -0.3 is 9.88 Å². The second kappa shape index (κ2) is 6.32. The zero-order valence-corrected chi connectivity index (χ0v) is 13.8. The van der Waals surface area contributed by atoms with Crippen LogP contribution in [0.3, 0.4) is 0 Å². The Morgan fingerprint density at radius 2 is 2.25 bits per heavy atom. The summed E-state index contributed by atoms with van der Waals surface area (Å²) in [4.78, 5) is 4.15. The predicted octanol–water partition coefficient (Wildman–Crippen LogP) is 0.766. The third-order valence-electron chi connectivity index (χ3n) is 4.02. The van der Waals surface area contributed by atoms with Crippen LogP contribution in [0.2, 0.25) is 0 Å². The molecule has 1 aromatic heterocycles. The average molecular weight is 349 g/mol. The van der Waals surface area contributed by atoms with Crippen molar-refractivity contribution in [2.75, 3.05) is 19.6 Å². The number of hydrogen-bond acceptors (Lipinski definition) is 5. The molecule has 3 rings (SSSR count). The van der Waals surface area contributed by atoms with E-state index in [-0.39, 0.29) is 17.0 Å². The van der Waals surface area contributed by atoms with E-state index in [0.717, 1.165) is 12.1 Å². The summed E-state index contributed by atoms with van der Waals surface area (Å²) in [5.74, 6) is -0.120. The van der Waals surface area contributed by atoms with Gasteiger partial charge in [0.25, 0.3) is 0 Å². The SMILES string of the molecule is Cn1ccnc1C1CNCCN1S(=O)(=O)c1ccc(F)c(C#N)c1. The number of benzene rings is 1. The Morgan fingerprint density at radius 3 is 2.92 bits per heavy atom. The van der Waals surface area contributed by atoms with E-state index in [1.807, 2.05) is 0 Å². The van der Waals surface area contributed by atoms with Crippen LogP contribution in [0.1, 0.15) is 17.4 Å². The second-order valence-corrected chi connectivity index (χ2v) is 7.38. The van der Waals surface area contributed by atoms with Crippen LogP contribution < -0.4 is 5.32 Å². The number of piperazine rings is 1. The number of aromatic nitrogens is 2. The molecule has 0 amide bonds. The van der Waals surface area contributed by atoms with Crippen LogP contribution in [-0.2, 0) is 17.1 Å². The molecule has 2 aromatic rings. The van der Waals surface area contributed by atoms with Crippen LogP contribution in [-0.4, -0.2) is 41.9 Å². The lowest BCUT2D eigenvalue weighted by atomic mass is 10.2. The van der Waals surface area contributed by atoms with E-state index in [9.17, 15) is 12.8 Å². The Labute approximate surface area is 139 Å². The van der Waals surface area contributed by atoms with Crippen molar-refractivity contribution in [2.45, 2.75) is 10.9 Å². The van der Waals surface area contributed by atoms with Gasteiger partial charge in [0.1, 0.15) is 17.7 Å². The Morgan fingerprint density at radius 1 is 1.46 bits per heavy atom. The van der Waals surface area contributed by atoms with Gasteiger partial charge in [0, 0.05) is 39.1 Å². The predicted molar refractivity (Wildman–Crippen MR) is 83.8 cm³/mol. The largest absolute Gasteiger partial charge is 0.337 e. The van der Waals surface area contributed by atoms with Crippen LogP contribution in [0.5, 0.6) is 0 Å². The molecule has 0 radical (unpaired) electrons. The van der Waals surface area contributed by atoms with E-state index >= 15 is 0 Å². The topological polar surface area (TPSA) is 91.0 Å². The van der Waals surface area contributed by atoms with Gasteiger partial charge >= 0.3 is 0 Å². The fourth-order valence-electron chi connectivity index (χ4n) is 2.78. The fraction of sp³-hybridized carbons (Fsp3) is 0.333. The Kier molecular flexibility index (Phi) is 4.36. The molecule has 9 heteroatoms. The zero-order chi connectivity index (χ0) is 17.3.